The Morgan fingerprint density at radius 2 is 2.31 bits per heavy atom. The summed E-state index contributed by atoms with van der Waals surface area (Å²) in [5.74, 6) is -0.384. The Morgan fingerprint density at radius 1 is 1.62 bits per heavy atom. The highest BCUT2D eigenvalue weighted by molar-refractivity contribution is 5.72. The molecule has 0 spiro atoms. The van der Waals surface area contributed by atoms with Crippen LogP contribution < -0.4 is 5.32 Å². The fourth-order valence-electron chi connectivity index (χ4n) is 0.864. The van der Waals surface area contributed by atoms with Gasteiger partial charge < -0.3 is 10.4 Å². The summed E-state index contributed by atoms with van der Waals surface area (Å²) in [5.41, 5.74) is 1.46. The molecule has 70 valence electrons. The zero-order chi connectivity index (χ0) is 9.84. The number of carbonyl (C=O) groups is 1. The number of hydrogen-bond acceptors (Lipinski definition) is 4. The summed E-state index contributed by atoms with van der Waals surface area (Å²) < 4.78 is 0. The van der Waals surface area contributed by atoms with Gasteiger partial charge in [-0.2, -0.15) is 0 Å². The molecule has 0 aliphatic heterocycles. The molecule has 2 N–H and O–H groups in total. The second kappa shape index (κ2) is 3.84. The molecule has 1 rings (SSSR count). The summed E-state index contributed by atoms with van der Waals surface area (Å²) in [7, 11) is 0. The molecule has 0 fully saturated rings. The first-order chi connectivity index (χ1) is 6.09. The summed E-state index contributed by atoms with van der Waals surface area (Å²) in [6, 6.07) is 0. The van der Waals surface area contributed by atoms with Crippen LogP contribution in [0.3, 0.4) is 0 Å². The van der Waals surface area contributed by atoms with E-state index in [0.29, 0.717) is 11.5 Å². The topological polar surface area (TPSA) is 75.1 Å². The summed E-state index contributed by atoms with van der Waals surface area (Å²) in [4.78, 5) is 18.4. The van der Waals surface area contributed by atoms with Crippen molar-refractivity contribution in [2.75, 3.05) is 11.9 Å². The van der Waals surface area contributed by atoms with Gasteiger partial charge in [-0.15, -0.1) is 0 Å². The van der Waals surface area contributed by atoms with Crippen LogP contribution in [-0.4, -0.2) is 27.6 Å². The van der Waals surface area contributed by atoms with E-state index in [0.717, 1.165) is 5.69 Å². The number of nitrogens with one attached hydrogen (secondary N) is 1. The zero-order valence-electron chi connectivity index (χ0n) is 7.53. The lowest BCUT2D eigenvalue weighted by Crippen LogP contribution is -2.14. The van der Waals surface area contributed by atoms with Crippen molar-refractivity contribution in [2.45, 2.75) is 13.8 Å². The van der Waals surface area contributed by atoms with E-state index in [1.54, 1.807) is 20.0 Å². The van der Waals surface area contributed by atoms with E-state index in [4.69, 9.17) is 5.11 Å². The maximum Gasteiger partial charge on any atom is 0.322 e. The first-order valence-electron chi connectivity index (χ1n) is 3.85. The zero-order valence-corrected chi connectivity index (χ0v) is 7.53. The van der Waals surface area contributed by atoms with Gasteiger partial charge in [-0.05, 0) is 13.8 Å². The van der Waals surface area contributed by atoms with Crippen LogP contribution in [0.1, 0.15) is 11.4 Å². The molecule has 13 heavy (non-hydrogen) atoms. The molecule has 0 aliphatic carbocycles. The lowest BCUT2D eigenvalue weighted by molar-refractivity contribution is -0.134. The van der Waals surface area contributed by atoms with E-state index < -0.39 is 5.97 Å². The first-order valence-corrected chi connectivity index (χ1v) is 3.85. The van der Waals surface area contributed by atoms with Crippen LogP contribution in [0.25, 0.3) is 0 Å². The van der Waals surface area contributed by atoms with Crippen molar-refractivity contribution in [1.29, 1.82) is 0 Å². The van der Waals surface area contributed by atoms with Gasteiger partial charge in [0.05, 0.1) is 11.4 Å². The number of anilines is 1. The van der Waals surface area contributed by atoms with Gasteiger partial charge in [-0.25, -0.2) is 4.98 Å². The molecule has 0 bridgehead atoms. The minimum Gasteiger partial charge on any atom is -0.480 e. The Labute approximate surface area is 75.8 Å². The van der Waals surface area contributed by atoms with Gasteiger partial charge in [-0.1, -0.05) is 0 Å². The number of aryl methyl sites for hydroxylation is 2. The van der Waals surface area contributed by atoms with Crippen molar-refractivity contribution in [3.63, 3.8) is 0 Å². The van der Waals surface area contributed by atoms with Crippen LogP contribution >= 0.6 is 0 Å². The normalized spacial score (nSPS) is 9.69. The van der Waals surface area contributed by atoms with Gasteiger partial charge in [0.2, 0.25) is 0 Å². The number of carboxylic acids is 1. The Hall–Kier alpha value is -1.65. The van der Waals surface area contributed by atoms with E-state index in [1.807, 2.05) is 0 Å². The highest BCUT2D eigenvalue weighted by Crippen LogP contribution is 2.07. The molecular weight excluding hydrogens is 170 g/mol. The predicted octanol–water partition coefficient (Wildman–Crippen LogP) is 0.590. The van der Waals surface area contributed by atoms with Crippen molar-refractivity contribution in [3.05, 3.63) is 17.6 Å². The molecule has 1 aromatic heterocycles. The Bertz CT molecular complexity index is 325. The third-order valence-corrected chi connectivity index (χ3v) is 1.48. The van der Waals surface area contributed by atoms with Crippen LogP contribution in [0, 0.1) is 13.8 Å². The minimum absolute atomic E-state index is 0.140. The quantitative estimate of drug-likeness (QED) is 0.713. The number of hydrogen-bond donors (Lipinski definition) is 2. The molecule has 0 unspecified atom stereocenters. The van der Waals surface area contributed by atoms with Gasteiger partial charge >= 0.3 is 5.97 Å². The lowest BCUT2D eigenvalue weighted by Gasteiger charge is -2.05. The second-order valence-corrected chi connectivity index (χ2v) is 2.69. The number of carboxylic acid groups (broad SMARTS) is 1. The molecule has 0 aliphatic rings. The first kappa shape index (κ1) is 9.44. The third-order valence-electron chi connectivity index (χ3n) is 1.48. The van der Waals surface area contributed by atoms with Gasteiger partial charge in [0.25, 0.3) is 0 Å². The molecule has 1 heterocycles. The van der Waals surface area contributed by atoms with E-state index in [9.17, 15) is 4.79 Å². The fraction of sp³-hybridized carbons (Fsp3) is 0.375. The summed E-state index contributed by atoms with van der Waals surface area (Å²) in [5, 5.41) is 11.1. The third kappa shape index (κ3) is 2.70. The molecule has 1 aromatic rings. The van der Waals surface area contributed by atoms with Crippen LogP contribution in [0.15, 0.2) is 6.20 Å². The largest absolute Gasteiger partial charge is 0.480 e. The smallest absolute Gasteiger partial charge is 0.322 e. The van der Waals surface area contributed by atoms with E-state index >= 15 is 0 Å². The standard InChI is InChI=1S/C8H11N3O2/c1-5-3-9-6(2)8(11-5)10-4-7(12)13/h3H,4H2,1-2H3,(H,10,11)(H,12,13). The van der Waals surface area contributed by atoms with Gasteiger partial charge in [0, 0.05) is 6.20 Å². The fourth-order valence-corrected chi connectivity index (χ4v) is 0.864. The highest BCUT2D eigenvalue weighted by atomic mass is 16.4. The van der Waals surface area contributed by atoms with Crippen LogP contribution in [-0.2, 0) is 4.79 Å². The lowest BCUT2D eigenvalue weighted by atomic mass is 10.4. The highest BCUT2D eigenvalue weighted by Gasteiger charge is 2.02. The number of aromatic nitrogens is 2. The van der Waals surface area contributed by atoms with Crippen molar-refractivity contribution >= 4 is 11.8 Å². The molecule has 0 amide bonds. The van der Waals surface area contributed by atoms with Crippen LogP contribution in [0.2, 0.25) is 0 Å². The minimum atomic E-state index is -0.914. The summed E-state index contributed by atoms with van der Waals surface area (Å²) >= 11 is 0. The van der Waals surface area contributed by atoms with Crippen LogP contribution in [0.4, 0.5) is 5.82 Å². The van der Waals surface area contributed by atoms with Crippen molar-refractivity contribution in [2.24, 2.45) is 0 Å². The van der Waals surface area contributed by atoms with Crippen molar-refractivity contribution < 1.29 is 9.90 Å². The molecule has 0 saturated carbocycles. The van der Waals surface area contributed by atoms with Gasteiger partial charge in [0.15, 0.2) is 0 Å². The molecule has 0 aromatic carbocycles. The van der Waals surface area contributed by atoms with E-state index in [1.165, 1.54) is 0 Å². The molecule has 0 saturated heterocycles. The average molecular weight is 181 g/mol. The molecule has 0 atom stereocenters. The Morgan fingerprint density at radius 3 is 2.92 bits per heavy atom. The number of nitrogens with zero attached hydrogens (tertiary/aromatic N) is 2. The van der Waals surface area contributed by atoms with Crippen molar-refractivity contribution in [3.8, 4) is 0 Å². The average Bonchev–Trinajstić information content (AvgIpc) is 2.06. The molecule has 0 radical (unpaired) electrons. The molecule has 5 heteroatoms. The predicted molar refractivity (Wildman–Crippen MR) is 47.6 cm³/mol. The maximum absolute atomic E-state index is 10.3. The number of rotatable bonds is 3. The van der Waals surface area contributed by atoms with E-state index in [2.05, 4.69) is 15.3 Å². The van der Waals surface area contributed by atoms with Crippen molar-refractivity contribution in [1.82, 2.24) is 9.97 Å². The molecule has 5 nitrogen and oxygen atoms in total. The maximum atomic E-state index is 10.3. The Kier molecular flexibility index (Phi) is 2.79. The van der Waals surface area contributed by atoms with Gasteiger partial charge in [-0.3, -0.25) is 9.78 Å². The Balaban J connectivity index is 2.75. The monoisotopic (exact) mass is 181 g/mol. The molecular formula is C8H11N3O2. The van der Waals surface area contributed by atoms with Crippen LogP contribution in [0.5, 0.6) is 0 Å². The van der Waals surface area contributed by atoms with E-state index in [-0.39, 0.29) is 6.54 Å². The number of aliphatic carboxylic acids is 1. The summed E-state index contributed by atoms with van der Waals surface area (Å²) in [6.07, 6.45) is 1.64. The SMILES string of the molecule is Cc1cnc(C)c(NCC(=O)O)n1. The second-order valence-electron chi connectivity index (χ2n) is 2.69. The summed E-state index contributed by atoms with van der Waals surface area (Å²) in [6.45, 7) is 3.44. The van der Waals surface area contributed by atoms with Gasteiger partial charge in [0.1, 0.15) is 12.4 Å².